The number of nitrogens with zero attached hydrogens (tertiary/aromatic N) is 1. The lowest BCUT2D eigenvalue weighted by Gasteiger charge is -2.13. The van der Waals surface area contributed by atoms with E-state index in [1.165, 1.54) is 12.1 Å². The molecule has 0 bridgehead atoms. The minimum atomic E-state index is -0.635. The number of amides is 1. The van der Waals surface area contributed by atoms with Crippen LogP contribution in [-0.4, -0.2) is 24.6 Å². The molecule has 0 aliphatic rings. The van der Waals surface area contributed by atoms with Gasteiger partial charge < -0.3 is 20.5 Å². The van der Waals surface area contributed by atoms with Gasteiger partial charge in [0.2, 0.25) is 0 Å². The van der Waals surface area contributed by atoms with E-state index >= 15 is 0 Å². The summed E-state index contributed by atoms with van der Waals surface area (Å²) in [7, 11) is 1.55. The largest absolute Gasteiger partial charge is 0.490 e. The normalized spacial score (nSPS) is 10.5. The summed E-state index contributed by atoms with van der Waals surface area (Å²) in [5.74, 6) is -1.05. The molecule has 0 saturated carbocycles. The molecule has 0 spiro atoms. The number of halogens is 1. The van der Waals surface area contributed by atoms with E-state index in [4.69, 9.17) is 15.2 Å². The molecule has 0 fully saturated rings. The molecule has 1 heterocycles. The van der Waals surface area contributed by atoms with Crippen molar-refractivity contribution in [1.82, 2.24) is 4.98 Å². The van der Waals surface area contributed by atoms with Gasteiger partial charge in [0.05, 0.1) is 30.2 Å². The first-order chi connectivity index (χ1) is 13.0. The van der Waals surface area contributed by atoms with Crippen LogP contribution in [-0.2, 0) is 11.3 Å². The summed E-state index contributed by atoms with van der Waals surface area (Å²) in [5, 5.41) is 2.53. The van der Waals surface area contributed by atoms with Crippen LogP contribution in [0.4, 0.5) is 15.9 Å². The molecule has 0 aliphatic carbocycles. The van der Waals surface area contributed by atoms with Gasteiger partial charge in [0.15, 0.2) is 11.6 Å². The van der Waals surface area contributed by atoms with Crippen LogP contribution in [0.15, 0.2) is 36.9 Å². The van der Waals surface area contributed by atoms with Gasteiger partial charge in [-0.05, 0) is 43.5 Å². The number of benzene rings is 1. The van der Waals surface area contributed by atoms with E-state index in [1.54, 1.807) is 32.2 Å². The zero-order chi connectivity index (χ0) is 19.8. The summed E-state index contributed by atoms with van der Waals surface area (Å²) in [6.07, 6.45) is 3.28. The van der Waals surface area contributed by atoms with Crippen LogP contribution in [0.5, 0.6) is 5.75 Å². The van der Waals surface area contributed by atoms with Crippen LogP contribution in [0.25, 0.3) is 0 Å². The Morgan fingerprint density at radius 3 is 2.93 bits per heavy atom. The Morgan fingerprint density at radius 2 is 2.22 bits per heavy atom. The average Bonchev–Trinajstić information content (AvgIpc) is 2.64. The molecule has 0 aliphatic heterocycles. The van der Waals surface area contributed by atoms with Crippen molar-refractivity contribution in [2.75, 3.05) is 24.8 Å². The summed E-state index contributed by atoms with van der Waals surface area (Å²) < 4.78 is 25.1. The number of carbonyl (C=O) groups is 1. The van der Waals surface area contributed by atoms with Crippen molar-refractivity contribution in [3.8, 4) is 5.75 Å². The SMILES string of the molecule is C=CCCCOc1cccc(NC(=O)c2cc(C)c(COC)nc2N)c1F. The number of nitrogens with two attached hydrogens (primary N) is 1. The zero-order valence-corrected chi connectivity index (χ0v) is 15.5. The van der Waals surface area contributed by atoms with Gasteiger partial charge in [-0.3, -0.25) is 4.79 Å². The van der Waals surface area contributed by atoms with Gasteiger partial charge in [0.25, 0.3) is 5.91 Å². The van der Waals surface area contributed by atoms with Crippen LogP contribution in [0.2, 0.25) is 0 Å². The molecular formula is C20H24FN3O3. The van der Waals surface area contributed by atoms with Gasteiger partial charge in [-0.1, -0.05) is 12.1 Å². The highest BCUT2D eigenvalue weighted by atomic mass is 19.1. The number of aryl methyl sites for hydroxylation is 1. The standard InChI is InChI=1S/C20H24FN3O3/c1-4-5-6-10-27-17-9-7-8-15(18(17)21)24-20(25)14-11-13(2)16(12-26-3)23-19(14)22/h4,7-9,11H,1,5-6,10,12H2,2-3H3,(H2,22,23)(H,24,25). The van der Waals surface area contributed by atoms with E-state index in [9.17, 15) is 9.18 Å². The number of carbonyl (C=O) groups excluding carboxylic acids is 1. The van der Waals surface area contributed by atoms with Crippen molar-refractivity contribution in [3.63, 3.8) is 0 Å². The molecule has 2 rings (SSSR count). The minimum absolute atomic E-state index is 0.0132. The number of nitrogen functional groups attached to an aromatic ring is 1. The number of methoxy groups -OCH3 is 1. The smallest absolute Gasteiger partial charge is 0.259 e. The third-order valence-electron chi connectivity index (χ3n) is 3.89. The quantitative estimate of drug-likeness (QED) is 0.515. The lowest BCUT2D eigenvalue weighted by atomic mass is 10.1. The minimum Gasteiger partial charge on any atom is -0.490 e. The first-order valence-corrected chi connectivity index (χ1v) is 8.56. The van der Waals surface area contributed by atoms with Gasteiger partial charge >= 0.3 is 0 Å². The molecule has 1 amide bonds. The van der Waals surface area contributed by atoms with Crippen LogP contribution in [0, 0.1) is 12.7 Å². The fourth-order valence-electron chi connectivity index (χ4n) is 2.45. The zero-order valence-electron chi connectivity index (χ0n) is 15.5. The van der Waals surface area contributed by atoms with E-state index in [2.05, 4.69) is 16.9 Å². The predicted octanol–water partition coefficient (Wildman–Crippen LogP) is 3.86. The van der Waals surface area contributed by atoms with Crippen molar-refractivity contribution in [1.29, 1.82) is 0 Å². The van der Waals surface area contributed by atoms with Crippen molar-refractivity contribution in [2.24, 2.45) is 0 Å². The predicted molar refractivity (Wildman–Crippen MR) is 103 cm³/mol. The summed E-state index contributed by atoms with van der Waals surface area (Å²) in [4.78, 5) is 16.7. The van der Waals surface area contributed by atoms with Crippen LogP contribution >= 0.6 is 0 Å². The highest BCUT2D eigenvalue weighted by molar-refractivity contribution is 6.07. The fraction of sp³-hybridized carbons (Fsp3) is 0.300. The molecule has 3 N–H and O–H groups in total. The topological polar surface area (TPSA) is 86.5 Å². The van der Waals surface area contributed by atoms with E-state index < -0.39 is 11.7 Å². The number of aromatic nitrogens is 1. The number of ether oxygens (including phenoxy) is 2. The van der Waals surface area contributed by atoms with Crippen molar-refractivity contribution in [3.05, 3.63) is 59.6 Å². The molecule has 1 aromatic carbocycles. The molecule has 1 aromatic heterocycles. The lowest BCUT2D eigenvalue weighted by Crippen LogP contribution is -2.17. The van der Waals surface area contributed by atoms with Gasteiger partial charge in [0, 0.05) is 7.11 Å². The third kappa shape index (κ3) is 5.27. The number of pyridine rings is 1. The molecule has 0 radical (unpaired) electrons. The number of hydrogen-bond acceptors (Lipinski definition) is 5. The van der Waals surface area contributed by atoms with Gasteiger partial charge in [-0.25, -0.2) is 9.37 Å². The van der Waals surface area contributed by atoms with E-state index in [-0.39, 0.29) is 29.4 Å². The highest BCUT2D eigenvalue weighted by Crippen LogP contribution is 2.26. The van der Waals surface area contributed by atoms with Crippen LogP contribution < -0.4 is 15.8 Å². The molecule has 0 saturated heterocycles. The van der Waals surface area contributed by atoms with Crippen molar-refractivity contribution < 1.29 is 18.7 Å². The summed E-state index contributed by atoms with van der Waals surface area (Å²) >= 11 is 0. The van der Waals surface area contributed by atoms with Gasteiger partial charge in [-0.2, -0.15) is 0 Å². The fourth-order valence-corrected chi connectivity index (χ4v) is 2.45. The summed E-state index contributed by atoms with van der Waals surface area (Å²) in [6, 6.07) is 6.19. The van der Waals surface area contributed by atoms with Gasteiger partial charge in [0.1, 0.15) is 5.82 Å². The molecule has 0 unspecified atom stereocenters. The highest BCUT2D eigenvalue weighted by Gasteiger charge is 2.17. The maximum absolute atomic E-state index is 14.6. The number of allylic oxidation sites excluding steroid dienone is 1. The number of anilines is 2. The second kappa shape index (κ2) is 9.68. The van der Waals surface area contributed by atoms with E-state index in [1.807, 2.05) is 0 Å². The Morgan fingerprint density at radius 1 is 1.44 bits per heavy atom. The monoisotopic (exact) mass is 373 g/mol. The molecule has 6 nitrogen and oxygen atoms in total. The first kappa shape index (κ1) is 20.4. The summed E-state index contributed by atoms with van der Waals surface area (Å²) in [6.45, 7) is 6.08. The summed E-state index contributed by atoms with van der Waals surface area (Å²) in [5.41, 5.74) is 7.47. The molecule has 0 atom stereocenters. The third-order valence-corrected chi connectivity index (χ3v) is 3.89. The maximum Gasteiger partial charge on any atom is 0.259 e. The number of hydrogen-bond donors (Lipinski definition) is 2. The molecule has 27 heavy (non-hydrogen) atoms. The average molecular weight is 373 g/mol. The Kier molecular flexibility index (Phi) is 7.31. The second-order valence-electron chi connectivity index (χ2n) is 5.97. The van der Waals surface area contributed by atoms with Crippen molar-refractivity contribution >= 4 is 17.4 Å². The van der Waals surface area contributed by atoms with Gasteiger partial charge in [-0.15, -0.1) is 6.58 Å². The van der Waals surface area contributed by atoms with Crippen LogP contribution in [0.3, 0.4) is 0 Å². The Balaban J connectivity index is 2.16. The molecular weight excluding hydrogens is 349 g/mol. The Bertz CT molecular complexity index is 824. The van der Waals surface area contributed by atoms with Crippen LogP contribution in [0.1, 0.15) is 34.5 Å². The maximum atomic E-state index is 14.6. The first-order valence-electron chi connectivity index (χ1n) is 8.56. The second-order valence-corrected chi connectivity index (χ2v) is 5.97. The molecule has 7 heteroatoms. The van der Waals surface area contributed by atoms with Crippen molar-refractivity contribution in [2.45, 2.75) is 26.4 Å². The lowest BCUT2D eigenvalue weighted by molar-refractivity contribution is 0.102. The van der Waals surface area contributed by atoms with E-state index in [0.29, 0.717) is 12.3 Å². The molecule has 2 aromatic rings. The Labute approximate surface area is 158 Å². The number of unbranched alkanes of at least 4 members (excludes halogenated alkanes) is 1. The molecule has 144 valence electrons. The number of rotatable bonds is 9. The van der Waals surface area contributed by atoms with E-state index in [0.717, 1.165) is 18.4 Å². The Hall–Kier alpha value is -2.93. The number of nitrogens with one attached hydrogen (secondary N) is 1.